The Bertz CT molecular complexity index is 360. The highest BCUT2D eigenvalue weighted by atomic mass is 79.9. The van der Waals surface area contributed by atoms with E-state index >= 15 is 0 Å². The third-order valence-corrected chi connectivity index (χ3v) is 3.85. The molecular formula is C12H23BrN4. The Kier molecular flexibility index (Phi) is 5.62. The number of hydrogen-bond donors (Lipinski definition) is 1. The van der Waals surface area contributed by atoms with E-state index in [4.69, 9.17) is 0 Å². The second kappa shape index (κ2) is 6.52. The van der Waals surface area contributed by atoms with Gasteiger partial charge in [-0.25, -0.2) is 0 Å². The van der Waals surface area contributed by atoms with Gasteiger partial charge >= 0.3 is 0 Å². The number of nitrogens with zero attached hydrogens (tertiary/aromatic N) is 3. The first-order valence-corrected chi connectivity index (χ1v) is 6.81. The molecule has 0 fully saturated rings. The van der Waals surface area contributed by atoms with Crippen LogP contribution in [0.5, 0.6) is 0 Å². The molecule has 0 saturated heterocycles. The van der Waals surface area contributed by atoms with Crippen molar-refractivity contribution in [1.29, 1.82) is 0 Å². The van der Waals surface area contributed by atoms with Crippen molar-refractivity contribution in [3.63, 3.8) is 0 Å². The molecule has 0 aliphatic heterocycles. The molecule has 1 N–H and O–H groups in total. The zero-order valence-electron chi connectivity index (χ0n) is 11.4. The third kappa shape index (κ3) is 3.79. The number of rotatable bonds is 6. The Morgan fingerprint density at radius 2 is 2.12 bits per heavy atom. The van der Waals surface area contributed by atoms with Crippen LogP contribution in [-0.4, -0.2) is 48.4 Å². The number of aryl methyl sites for hydroxylation is 2. The molecule has 17 heavy (non-hydrogen) atoms. The summed E-state index contributed by atoms with van der Waals surface area (Å²) in [6.45, 7) is 3.15. The lowest BCUT2D eigenvalue weighted by Crippen LogP contribution is -2.38. The number of nitrogens with one attached hydrogen (secondary N) is 1. The number of hydrogen-bond acceptors (Lipinski definition) is 3. The average Bonchev–Trinajstić information content (AvgIpc) is 2.54. The molecular weight excluding hydrogens is 280 g/mol. The van der Waals surface area contributed by atoms with E-state index in [0.29, 0.717) is 6.04 Å². The van der Waals surface area contributed by atoms with Gasteiger partial charge in [-0.2, -0.15) is 5.10 Å². The fraction of sp³-hybridized carbons (Fsp3) is 0.750. The summed E-state index contributed by atoms with van der Waals surface area (Å²) in [5.41, 5.74) is 2.41. The predicted octanol–water partition coefficient (Wildman–Crippen LogP) is 1.44. The fourth-order valence-corrected chi connectivity index (χ4v) is 2.75. The molecule has 0 saturated carbocycles. The van der Waals surface area contributed by atoms with Crippen molar-refractivity contribution < 1.29 is 0 Å². The van der Waals surface area contributed by atoms with E-state index in [-0.39, 0.29) is 0 Å². The summed E-state index contributed by atoms with van der Waals surface area (Å²) in [4.78, 5) is 2.20. The highest BCUT2D eigenvalue weighted by Gasteiger charge is 2.17. The van der Waals surface area contributed by atoms with Gasteiger partial charge in [0.25, 0.3) is 0 Å². The SMILES string of the molecule is CCc1nn(C)c(CC(CN(C)C)NC)c1Br. The number of likely N-dealkylation sites (N-methyl/N-ethyl adjacent to an activating group) is 2. The van der Waals surface area contributed by atoms with Gasteiger partial charge in [0.1, 0.15) is 0 Å². The summed E-state index contributed by atoms with van der Waals surface area (Å²) in [6, 6.07) is 0.446. The summed E-state index contributed by atoms with van der Waals surface area (Å²) < 4.78 is 3.16. The zero-order valence-corrected chi connectivity index (χ0v) is 13.0. The van der Waals surface area contributed by atoms with Crippen molar-refractivity contribution in [2.45, 2.75) is 25.8 Å². The van der Waals surface area contributed by atoms with E-state index in [1.165, 1.54) is 10.2 Å². The van der Waals surface area contributed by atoms with Gasteiger partial charge < -0.3 is 10.2 Å². The lowest BCUT2D eigenvalue weighted by atomic mass is 10.1. The summed E-state index contributed by atoms with van der Waals surface area (Å²) in [5, 5.41) is 7.88. The lowest BCUT2D eigenvalue weighted by molar-refractivity contribution is 0.343. The van der Waals surface area contributed by atoms with Crippen LogP contribution < -0.4 is 5.32 Å². The predicted molar refractivity (Wildman–Crippen MR) is 75.4 cm³/mol. The van der Waals surface area contributed by atoms with Crippen LogP contribution in [0.3, 0.4) is 0 Å². The van der Waals surface area contributed by atoms with Gasteiger partial charge in [-0.3, -0.25) is 4.68 Å². The molecule has 0 bridgehead atoms. The molecule has 4 nitrogen and oxygen atoms in total. The highest BCUT2D eigenvalue weighted by molar-refractivity contribution is 9.10. The molecule has 0 aliphatic rings. The van der Waals surface area contributed by atoms with Crippen LogP contribution in [0.4, 0.5) is 0 Å². The molecule has 98 valence electrons. The Hall–Kier alpha value is -0.390. The first-order chi connectivity index (χ1) is 7.99. The maximum absolute atomic E-state index is 4.52. The Morgan fingerprint density at radius 1 is 1.47 bits per heavy atom. The van der Waals surface area contributed by atoms with Crippen molar-refractivity contribution in [1.82, 2.24) is 20.0 Å². The number of halogens is 1. The largest absolute Gasteiger partial charge is 0.315 e. The van der Waals surface area contributed by atoms with E-state index in [0.717, 1.165) is 25.1 Å². The Morgan fingerprint density at radius 3 is 2.53 bits per heavy atom. The molecule has 0 amide bonds. The minimum atomic E-state index is 0.446. The molecule has 0 aromatic carbocycles. The van der Waals surface area contributed by atoms with Crippen molar-refractivity contribution in [3.05, 3.63) is 15.9 Å². The second-order valence-corrected chi connectivity index (χ2v) is 5.43. The monoisotopic (exact) mass is 302 g/mol. The zero-order chi connectivity index (χ0) is 13.0. The first kappa shape index (κ1) is 14.7. The van der Waals surface area contributed by atoms with Crippen LogP contribution in [0, 0.1) is 0 Å². The average molecular weight is 303 g/mol. The molecule has 5 heteroatoms. The van der Waals surface area contributed by atoms with E-state index in [1.807, 2.05) is 18.8 Å². The summed E-state index contributed by atoms with van der Waals surface area (Å²) in [7, 11) is 8.22. The van der Waals surface area contributed by atoms with Gasteiger partial charge in [0, 0.05) is 26.1 Å². The maximum Gasteiger partial charge on any atom is 0.0766 e. The molecule has 1 rings (SSSR count). The normalized spacial score (nSPS) is 13.4. The van der Waals surface area contributed by atoms with Crippen LogP contribution in [0.2, 0.25) is 0 Å². The first-order valence-electron chi connectivity index (χ1n) is 6.01. The van der Waals surface area contributed by atoms with Gasteiger partial charge in [0.05, 0.1) is 15.9 Å². The van der Waals surface area contributed by atoms with Crippen LogP contribution in [-0.2, 0) is 19.9 Å². The molecule has 0 aliphatic carbocycles. The Labute approximate surface area is 113 Å². The topological polar surface area (TPSA) is 33.1 Å². The summed E-state index contributed by atoms with van der Waals surface area (Å²) >= 11 is 3.66. The molecule has 1 heterocycles. The smallest absolute Gasteiger partial charge is 0.0766 e. The van der Waals surface area contributed by atoms with Crippen molar-refractivity contribution in [2.75, 3.05) is 27.7 Å². The third-order valence-electron chi connectivity index (χ3n) is 2.94. The Balaban J connectivity index is 2.82. The molecule has 0 radical (unpaired) electrons. The van der Waals surface area contributed by atoms with E-state index in [9.17, 15) is 0 Å². The second-order valence-electron chi connectivity index (χ2n) is 4.64. The highest BCUT2D eigenvalue weighted by Crippen LogP contribution is 2.22. The van der Waals surface area contributed by atoms with Crippen molar-refractivity contribution >= 4 is 15.9 Å². The van der Waals surface area contributed by atoms with Crippen molar-refractivity contribution in [3.8, 4) is 0 Å². The number of aromatic nitrogens is 2. The van der Waals surface area contributed by atoms with Gasteiger partial charge in [-0.15, -0.1) is 0 Å². The van der Waals surface area contributed by atoms with Gasteiger partial charge in [-0.05, 0) is 43.5 Å². The minimum absolute atomic E-state index is 0.446. The summed E-state index contributed by atoms with van der Waals surface area (Å²) in [5.74, 6) is 0. The fourth-order valence-electron chi connectivity index (χ4n) is 1.97. The molecule has 1 unspecified atom stereocenters. The van der Waals surface area contributed by atoms with E-state index in [1.54, 1.807) is 0 Å². The van der Waals surface area contributed by atoms with Gasteiger partial charge in [0.15, 0.2) is 0 Å². The molecule has 1 atom stereocenters. The van der Waals surface area contributed by atoms with Gasteiger partial charge in [0.2, 0.25) is 0 Å². The molecule has 1 aromatic rings. The molecule has 0 spiro atoms. The lowest BCUT2D eigenvalue weighted by Gasteiger charge is -2.20. The van der Waals surface area contributed by atoms with Crippen LogP contribution in [0.1, 0.15) is 18.3 Å². The van der Waals surface area contributed by atoms with E-state index in [2.05, 4.69) is 52.3 Å². The van der Waals surface area contributed by atoms with Crippen molar-refractivity contribution in [2.24, 2.45) is 7.05 Å². The van der Waals surface area contributed by atoms with Crippen LogP contribution in [0.15, 0.2) is 4.47 Å². The van der Waals surface area contributed by atoms with Gasteiger partial charge in [-0.1, -0.05) is 6.92 Å². The standard InChI is InChI=1S/C12H23BrN4/c1-6-10-12(13)11(17(5)15-10)7-9(14-2)8-16(3)4/h9,14H,6-8H2,1-5H3. The maximum atomic E-state index is 4.52. The van der Waals surface area contributed by atoms with E-state index < -0.39 is 0 Å². The minimum Gasteiger partial charge on any atom is -0.315 e. The van der Waals surface area contributed by atoms with Crippen LogP contribution in [0.25, 0.3) is 0 Å². The summed E-state index contributed by atoms with van der Waals surface area (Å²) in [6.07, 6.45) is 1.95. The van der Waals surface area contributed by atoms with Crippen LogP contribution >= 0.6 is 15.9 Å². The molecule has 1 aromatic heterocycles. The quantitative estimate of drug-likeness (QED) is 0.863.